The maximum atomic E-state index is 10.9. The third kappa shape index (κ3) is 3.02. The van der Waals surface area contributed by atoms with Gasteiger partial charge in [-0.05, 0) is 30.7 Å². The van der Waals surface area contributed by atoms with E-state index in [0.29, 0.717) is 18.5 Å². The fourth-order valence-electron chi connectivity index (χ4n) is 1.50. The lowest BCUT2D eigenvalue weighted by Crippen LogP contribution is -2.17. The maximum Gasteiger partial charge on any atom is 0.336 e. The van der Waals surface area contributed by atoms with Crippen LogP contribution >= 0.6 is 0 Å². The second kappa shape index (κ2) is 5.42. The Morgan fingerprint density at radius 1 is 1.18 bits per heavy atom. The van der Waals surface area contributed by atoms with Gasteiger partial charge in [-0.2, -0.15) is 0 Å². The van der Waals surface area contributed by atoms with Crippen molar-refractivity contribution in [3.8, 4) is 0 Å². The molecule has 6 N–H and O–H groups in total. The van der Waals surface area contributed by atoms with Crippen molar-refractivity contribution >= 4 is 11.9 Å². The van der Waals surface area contributed by atoms with Crippen LogP contribution in [0.15, 0.2) is 18.2 Å². The first-order valence-corrected chi connectivity index (χ1v) is 5.03. The number of hydrogen-bond donors (Lipinski definition) is 4. The lowest BCUT2D eigenvalue weighted by atomic mass is 9.98. The number of carboxylic acid groups (broad SMARTS) is 2. The molecule has 0 aliphatic heterocycles. The van der Waals surface area contributed by atoms with E-state index in [1.54, 1.807) is 0 Å². The van der Waals surface area contributed by atoms with Crippen LogP contribution in [0.1, 0.15) is 38.7 Å². The number of rotatable bonds is 5. The van der Waals surface area contributed by atoms with Gasteiger partial charge < -0.3 is 21.7 Å². The molecule has 0 fully saturated rings. The molecule has 6 nitrogen and oxygen atoms in total. The van der Waals surface area contributed by atoms with Crippen LogP contribution in [0.3, 0.4) is 0 Å². The smallest absolute Gasteiger partial charge is 0.336 e. The Morgan fingerprint density at radius 3 is 2.24 bits per heavy atom. The largest absolute Gasteiger partial charge is 0.478 e. The topological polar surface area (TPSA) is 127 Å². The number of carboxylic acids is 2. The summed E-state index contributed by atoms with van der Waals surface area (Å²) in [5.41, 5.74) is 11.2. The molecular formula is C11H14N2O4. The van der Waals surface area contributed by atoms with Crippen LogP contribution in [0.25, 0.3) is 0 Å². The molecule has 0 aliphatic rings. The summed E-state index contributed by atoms with van der Waals surface area (Å²) in [4.78, 5) is 21.7. The van der Waals surface area contributed by atoms with E-state index in [9.17, 15) is 9.59 Å². The lowest BCUT2D eigenvalue weighted by Gasteiger charge is -2.12. The number of benzene rings is 1. The van der Waals surface area contributed by atoms with Gasteiger partial charge in [-0.25, -0.2) is 9.59 Å². The third-order valence-electron chi connectivity index (χ3n) is 2.41. The van der Waals surface area contributed by atoms with Crippen molar-refractivity contribution in [3.63, 3.8) is 0 Å². The molecule has 0 amide bonds. The maximum absolute atomic E-state index is 10.9. The molecule has 0 heterocycles. The zero-order valence-electron chi connectivity index (χ0n) is 9.09. The van der Waals surface area contributed by atoms with Crippen LogP contribution in [-0.2, 0) is 0 Å². The van der Waals surface area contributed by atoms with Crippen LogP contribution in [0.4, 0.5) is 0 Å². The Hall–Kier alpha value is -1.92. The monoisotopic (exact) mass is 238 g/mol. The molecule has 1 unspecified atom stereocenters. The predicted molar refractivity (Wildman–Crippen MR) is 61.0 cm³/mol. The standard InChI is InChI=1S/C11H14N2O4/c12-4-3-9(13)6-1-2-7(10(14)15)8(5-6)11(16)17/h1-2,5,9H,3-4,12-13H2,(H,14,15)(H,16,17). The van der Waals surface area contributed by atoms with Gasteiger partial charge in [0.2, 0.25) is 0 Å². The normalized spacial score (nSPS) is 12.1. The van der Waals surface area contributed by atoms with Gasteiger partial charge in [-0.1, -0.05) is 6.07 Å². The van der Waals surface area contributed by atoms with E-state index >= 15 is 0 Å². The van der Waals surface area contributed by atoms with Gasteiger partial charge >= 0.3 is 11.9 Å². The summed E-state index contributed by atoms with van der Waals surface area (Å²) in [5.74, 6) is -2.56. The summed E-state index contributed by atoms with van der Waals surface area (Å²) < 4.78 is 0. The first-order valence-electron chi connectivity index (χ1n) is 5.03. The SMILES string of the molecule is NCCC(N)c1ccc(C(=O)O)c(C(=O)O)c1. The highest BCUT2D eigenvalue weighted by Crippen LogP contribution is 2.18. The van der Waals surface area contributed by atoms with E-state index in [4.69, 9.17) is 21.7 Å². The average molecular weight is 238 g/mol. The fraction of sp³-hybridized carbons (Fsp3) is 0.273. The summed E-state index contributed by atoms with van der Waals surface area (Å²) in [6, 6.07) is 3.65. The van der Waals surface area contributed by atoms with Gasteiger partial charge in [-0.3, -0.25) is 0 Å². The van der Waals surface area contributed by atoms with Crippen molar-refractivity contribution in [3.05, 3.63) is 34.9 Å². The summed E-state index contributed by atoms with van der Waals surface area (Å²) in [6.07, 6.45) is 0.505. The molecule has 1 rings (SSSR count). The molecule has 0 bridgehead atoms. The molecule has 17 heavy (non-hydrogen) atoms. The van der Waals surface area contributed by atoms with E-state index in [0.717, 1.165) is 0 Å². The number of hydrogen-bond acceptors (Lipinski definition) is 4. The zero-order valence-corrected chi connectivity index (χ0v) is 9.09. The molecule has 0 saturated carbocycles. The van der Waals surface area contributed by atoms with Gasteiger partial charge in [0.1, 0.15) is 0 Å². The second-order valence-electron chi connectivity index (χ2n) is 3.60. The minimum Gasteiger partial charge on any atom is -0.478 e. The first-order chi connectivity index (χ1) is 7.97. The van der Waals surface area contributed by atoms with Crippen molar-refractivity contribution in [2.75, 3.05) is 6.54 Å². The molecule has 92 valence electrons. The van der Waals surface area contributed by atoms with Crippen molar-refractivity contribution in [2.45, 2.75) is 12.5 Å². The molecule has 0 aromatic heterocycles. The Morgan fingerprint density at radius 2 is 1.76 bits per heavy atom. The Balaban J connectivity index is 3.18. The Bertz CT molecular complexity index is 445. The highest BCUT2D eigenvalue weighted by Gasteiger charge is 2.17. The number of aromatic carboxylic acids is 2. The Kier molecular flexibility index (Phi) is 4.19. The average Bonchev–Trinajstić information content (AvgIpc) is 2.28. The molecule has 6 heteroatoms. The van der Waals surface area contributed by atoms with E-state index < -0.39 is 11.9 Å². The van der Waals surface area contributed by atoms with Gasteiger partial charge in [0, 0.05) is 6.04 Å². The lowest BCUT2D eigenvalue weighted by molar-refractivity contribution is 0.0651. The molecule has 0 radical (unpaired) electrons. The van der Waals surface area contributed by atoms with Crippen molar-refractivity contribution in [2.24, 2.45) is 11.5 Å². The molecule has 0 saturated heterocycles. The van der Waals surface area contributed by atoms with Crippen LogP contribution in [-0.4, -0.2) is 28.7 Å². The third-order valence-corrected chi connectivity index (χ3v) is 2.41. The summed E-state index contributed by atoms with van der Waals surface area (Å²) in [6.45, 7) is 0.379. The van der Waals surface area contributed by atoms with E-state index in [2.05, 4.69) is 0 Å². The summed E-state index contributed by atoms with van der Waals surface area (Å²) in [5, 5.41) is 17.8. The fourth-order valence-corrected chi connectivity index (χ4v) is 1.50. The van der Waals surface area contributed by atoms with E-state index in [1.165, 1.54) is 18.2 Å². The Labute approximate surface area is 97.8 Å². The van der Waals surface area contributed by atoms with E-state index in [1.807, 2.05) is 0 Å². The molecular weight excluding hydrogens is 224 g/mol. The molecule has 1 aromatic rings. The molecule has 0 aliphatic carbocycles. The summed E-state index contributed by atoms with van der Waals surface area (Å²) >= 11 is 0. The molecule has 1 aromatic carbocycles. The van der Waals surface area contributed by atoms with E-state index in [-0.39, 0.29) is 17.2 Å². The highest BCUT2D eigenvalue weighted by molar-refractivity contribution is 6.01. The van der Waals surface area contributed by atoms with Gasteiger partial charge in [-0.15, -0.1) is 0 Å². The van der Waals surface area contributed by atoms with Gasteiger partial charge in [0.25, 0.3) is 0 Å². The number of carbonyl (C=O) groups is 2. The van der Waals surface area contributed by atoms with Gasteiger partial charge in [0.15, 0.2) is 0 Å². The van der Waals surface area contributed by atoms with Crippen molar-refractivity contribution < 1.29 is 19.8 Å². The van der Waals surface area contributed by atoms with Crippen LogP contribution in [0.5, 0.6) is 0 Å². The molecule has 0 spiro atoms. The van der Waals surface area contributed by atoms with Crippen molar-refractivity contribution in [1.29, 1.82) is 0 Å². The second-order valence-corrected chi connectivity index (χ2v) is 3.60. The predicted octanol–water partition coefficient (Wildman–Crippen LogP) is 0.432. The minimum absolute atomic E-state index is 0.249. The quantitative estimate of drug-likeness (QED) is 0.589. The highest BCUT2D eigenvalue weighted by atomic mass is 16.4. The number of nitrogens with two attached hydrogens (primary N) is 2. The van der Waals surface area contributed by atoms with Crippen LogP contribution < -0.4 is 11.5 Å². The minimum atomic E-state index is -1.29. The van der Waals surface area contributed by atoms with Gasteiger partial charge in [0.05, 0.1) is 11.1 Å². The summed E-state index contributed by atoms with van der Waals surface area (Å²) in [7, 11) is 0. The van der Waals surface area contributed by atoms with Crippen molar-refractivity contribution in [1.82, 2.24) is 0 Å². The molecule has 1 atom stereocenters. The zero-order chi connectivity index (χ0) is 13.0. The van der Waals surface area contributed by atoms with Crippen LogP contribution in [0.2, 0.25) is 0 Å². The van der Waals surface area contributed by atoms with Crippen LogP contribution in [0, 0.1) is 0 Å². The first kappa shape index (κ1) is 13.1.